The largest absolute Gasteiger partial charge is 0.469 e. The van der Waals surface area contributed by atoms with Crippen molar-refractivity contribution < 1.29 is 9.53 Å². The minimum absolute atomic E-state index is 0. The van der Waals surface area contributed by atoms with Gasteiger partial charge in [-0.3, -0.25) is 9.79 Å². The average Bonchev–Trinajstić information content (AvgIpc) is 3.27. The predicted octanol–water partition coefficient (Wildman–Crippen LogP) is 2.75. The first-order chi connectivity index (χ1) is 13.1. The fourth-order valence-electron chi connectivity index (χ4n) is 3.64. The first-order valence-corrected chi connectivity index (χ1v) is 9.65. The summed E-state index contributed by atoms with van der Waals surface area (Å²) in [6, 6.07) is 8.16. The van der Waals surface area contributed by atoms with Crippen LogP contribution < -0.4 is 5.32 Å². The lowest BCUT2D eigenvalue weighted by molar-refractivity contribution is -0.145. The number of carbonyl (C=O) groups is 1. The summed E-state index contributed by atoms with van der Waals surface area (Å²) in [6.45, 7) is 8.04. The van der Waals surface area contributed by atoms with Gasteiger partial charge in [0, 0.05) is 32.7 Å². The van der Waals surface area contributed by atoms with Crippen molar-refractivity contribution in [2.24, 2.45) is 16.8 Å². The van der Waals surface area contributed by atoms with Gasteiger partial charge in [0.25, 0.3) is 0 Å². The van der Waals surface area contributed by atoms with Gasteiger partial charge in [0.1, 0.15) is 0 Å². The summed E-state index contributed by atoms with van der Waals surface area (Å²) in [7, 11) is 1.46. The molecule has 2 atom stereocenters. The quantitative estimate of drug-likeness (QED) is 0.218. The number of esters is 1. The number of hydrogen-bond donors (Lipinski definition) is 1. The Morgan fingerprint density at radius 1 is 1.36 bits per heavy atom. The van der Waals surface area contributed by atoms with Crippen LogP contribution in [0.15, 0.2) is 35.6 Å². The molecule has 1 aliphatic rings. The maximum absolute atomic E-state index is 11.9. The van der Waals surface area contributed by atoms with Gasteiger partial charge in [-0.1, -0.05) is 19.1 Å². The summed E-state index contributed by atoms with van der Waals surface area (Å²) in [4.78, 5) is 23.3. The number of hydrogen-bond acceptors (Lipinski definition) is 4. The molecule has 1 aliphatic heterocycles. The number of imidazole rings is 1. The molecule has 154 valence electrons. The number of carbonyl (C=O) groups excluding carboxylic acids is 1. The number of ether oxygens (including phenoxy) is 1. The minimum atomic E-state index is -0.132. The van der Waals surface area contributed by atoms with E-state index < -0.39 is 0 Å². The molecule has 2 unspecified atom stereocenters. The zero-order valence-corrected chi connectivity index (χ0v) is 19.1. The SMILES string of the molecule is CCNC(=NCCCn1cnc2ccccc21)N1CC(C)C(C(=O)OC)C1.I. The zero-order chi connectivity index (χ0) is 19.2. The van der Waals surface area contributed by atoms with Crippen molar-refractivity contribution in [3.8, 4) is 0 Å². The van der Waals surface area contributed by atoms with Gasteiger partial charge in [0.2, 0.25) is 0 Å². The van der Waals surface area contributed by atoms with E-state index in [4.69, 9.17) is 9.73 Å². The summed E-state index contributed by atoms with van der Waals surface area (Å²) >= 11 is 0. The highest BCUT2D eigenvalue weighted by Crippen LogP contribution is 2.24. The molecule has 2 heterocycles. The van der Waals surface area contributed by atoms with Crippen molar-refractivity contribution in [2.75, 3.05) is 33.3 Å². The number of fused-ring (bicyclic) bond motifs is 1. The zero-order valence-electron chi connectivity index (χ0n) is 16.8. The first-order valence-electron chi connectivity index (χ1n) is 9.65. The van der Waals surface area contributed by atoms with E-state index >= 15 is 0 Å². The Morgan fingerprint density at radius 3 is 2.89 bits per heavy atom. The fraction of sp³-hybridized carbons (Fsp3) is 0.550. The summed E-state index contributed by atoms with van der Waals surface area (Å²) in [5, 5.41) is 3.35. The summed E-state index contributed by atoms with van der Waals surface area (Å²) < 4.78 is 7.10. The van der Waals surface area contributed by atoms with Gasteiger partial charge in [0.05, 0.1) is 30.4 Å². The van der Waals surface area contributed by atoms with Crippen molar-refractivity contribution in [1.82, 2.24) is 19.8 Å². The van der Waals surface area contributed by atoms with Crippen molar-refractivity contribution in [3.63, 3.8) is 0 Å². The number of para-hydroxylation sites is 2. The number of guanidine groups is 1. The fourth-order valence-corrected chi connectivity index (χ4v) is 3.64. The Bertz CT molecular complexity index is 807. The number of rotatable bonds is 6. The molecule has 0 spiro atoms. The minimum Gasteiger partial charge on any atom is -0.469 e. The molecule has 0 aliphatic carbocycles. The standard InChI is InChI=1S/C20H29N5O2.HI/c1-4-21-20(25-12-15(2)16(13-25)19(26)27-3)22-10-7-11-24-14-23-17-8-5-6-9-18(17)24;/h5-6,8-9,14-16H,4,7,10-13H2,1-3H3,(H,21,22);1H. The normalized spacial score (nSPS) is 19.5. The average molecular weight is 499 g/mol. The second-order valence-electron chi connectivity index (χ2n) is 7.03. The van der Waals surface area contributed by atoms with E-state index in [-0.39, 0.29) is 41.8 Å². The smallest absolute Gasteiger partial charge is 0.310 e. The molecule has 8 heteroatoms. The van der Waals surface area contributed by atoms with E-state index in [1.165, 1.54) is 7.11 Å². The molecule has 0 amide bonds. The van der Waals surface area contributed by atoms with Crippen LogP contribution in [0.4, 0.5) is 0 Å². The number of methoxy groups -OCH3 is 1. The molecule has 0 radical (unpaired) electrons. The molecule has 2 aromatic rings. The van der Waals surface area contributed by atoms with Crippen molar-refractivity contribution in [2.45, 2.75) is 26.8 Å². The van der Waals surface area contributed by atoms with Crippen molar-refractivity contribution in [1.29, 1.82) is 0 Å². The molecule has 3 rings (SSSR count). The molecule has 1 aromatic heterocycles. The molecule has 7 nitrogen and oxygen atoms in total. The first kappa shape index (κ1) is 22.4. The maximum atomic E-state index is 11.9. The van der Waals surface area contributed by atoms with E-state index in [2.05, 4.69) is 39.7 Å². The Kier molecular flexibility index (Phi) is 8.53. The van der Waals surface area contributed by atoms with Crippen molar-refractivity contribution in [3.05, 3.63) is 30.6 Å². The molecule has 0 bridgehead atoms. The summed E-state index contributed by atoms with van der Waals surface area (Å²) in [5.74, 6) is 0.925. The van der Waals surface area contributed by atoms with Crippen LogP contribution in [-0.4, -0.2) is 59.7 Å². The number of aliphatic imine (C=N–C) groups is 1. The van der Waals surface area contributed by atoms with Crippen LogP contribution >= 0.6 is 24.0 Å². The summed E-state index contributed by atoms with van der Waals surface area (Å²) in [6.07, 6.45) is 2.82. The molecule has 28 heavy (non-hydrogen) atoms. The van der Waals surface area contributed by atoms with E-state index in [0.29, 0.717) is 6.54 Å². The molecule has 1 N–H and O–H groups in total. The third-order valence-corrected chi connectivity index (χ3v) is 5.10. The highest BCUT2D eigenvalue weighted by Gasteiger charge is 2.36. The third-order valence-electron chi connectivity index (χ3n) is 5.10. The van der Waals surface area contributed by atoms with E-state index in [0.717, 1.165) is 49.6 Å². The Balaban J connectivity index is 0.00000280. The van der Waals surface area contributed by atoms with Gasteiger partial charge in [-0.25, -0.2) is 4.98 Å². The lowest BCUT2D eigenvalue weighted by Gasteiger charge is -2.21. The number of nitrogens with zero attached hydrogens (tertiary/aromatic N) is 4. The lowest BCUT2D eigenvalue weighted by Crippen LogP contribution is -2.40. The Morgan fingerprint density at radius 2 is 2.14 bits per heavy atom. The van der Waals surface area contributed by atoms with Crippen LogP contribution in [0.3, 0.4) is 0 Å². The van der Waals surface area contributed by atoms with E-state index in [9.17, 15) is 4.79 Å². The van der Waals surface area contributed by atoms with Gasteiger partial charge < -0.3 is 19.5 Å². The topological polar surface area (TPSA) is 71.8 Å². The van der Waals surface area contributed by atoms with Gasteiger partial charge in [0.15, 0.2) is 5.96 Å². The number of aromatic nitrogens is 2. The highest BCUT2D eigenvalue weighted by atomic mass is 127. The Labute approximate surface area is 183 Å². The summed E-state index contributed by atoms with van der Waals surface area (Å²) in [5.41, 5.74) is 2.18. The number of benzene rings is 1. The number of halogens is 1. The third kappa shape index (κ3) is 5.15. The van der Waals surface area contributed by atoms with E-state index in [1.54, 1.807) is 0 Å². The molecule has 1 saturated heterocycles. The second kappa shape index (κ2) is 10.6. The van der Waals surface area contributed by atoms with Crippen molar-refractivity contribution >= 4 is 46.9 Å². The van der Waals surface area contributed by atoms with Crippen LogP contribution in [0.2, 0.25) is 0 Å². The number of nitrogens with one attached hydrogen (secondary N) is 1. The number of likely N-dealkylation sites (tertiary alicyclic amines) is 1. The van der Waals surface area contributed by atoms with Gasteiger partial charge in [-0.2, -0.15) is 0 Å². The van der Waals surface area contributed by atoms with Crippen LogP contribution in [0.1, 0.15) is 20.3 Å². The Hall–Kier alpha value is -1.84. The highest BCUT2D eigenvalue weighted by molar-refractivity contribution is 14.0. The second-order valence-corrected chi connectivity index (χ2v) is 7.03. The van der Waals surface area contributed by atoms with Gasteiger partial charge >= 0.3 is 5.97 Å². The van der Waals surface area contributed by atoms with Crippen LogP contribution in [0, 0.1) is 11.8 Å². The van der Waals surface area contributed by atoms with Crippen LogP contribution in [-0.2, 0) is 16.1 Å². The molecular weight excluding hydrogens is 469 g/mol. The molecule has 0 saturated carbocycles. The van der Waals surface area contributed by atoms with Crippen LogP contribution in [0.25, 0.3) is 11.0 Å². The molecule has 1 fully saturated rings. The predicted molar refractivity (Wildman–Crippen MR) is 122 cm³/mol. The maximum Gasteiger partial charge on any atom is 0.310 e. The lowest BCUT2D eigenvalue weighted by atomic mass is 9.99. The number of aryl methyl sites for hydroxylation is 1. The molecular formula is C20H30IN5O2. The van der Waals surface area contributed by atoms with Gasteiger partial charge in [-0.15, -0.1) is 24.0 Å². The van der Waals surface area contributed by atoms with Gasteiger partial charge in [-0.05, 0) is 31.4 Å². The molecule has 1 aromatic carbocycles. The van der Waals surface area contributed by atoms with E-state index in [1.807, 2.05) is 24.5 Å². The monoisotopic (exact) mass is 499 g/mol. The van der Waals surface area contributed by atoms with Crippen LogP contribution in [0.5, 0.6) is 0 Å².